The van der Waals surface area contributed by atoms with Crippen LogP contribution < -0.4 is 0 Å². The summed E-state index contributed by atoms with van der Waals surface area (Å²) in [6.07, 6.45) is 6.86. The van der Waals surface area contributed by atoms with E-state index in [2.05, 4.69) is 90.8 Å². The number of benzene rings is 3. The number of hydrogen-bond donors (Lipinski definition) is 0. The Morgan fingerprint density at radius 1 is 0.829 bits per heavy atom. The molecule has 0 aliphatic heterocycles. The lowest BCUT2D eigenvalue weighted by Crippen LogP contribution is -1.97. The quantitative estimate of drug-likeness (QED) is 0.234. The smallest absolute Gasteiger partial charge is 0.137 e. The molecule has 0 spiro atoms. The molecule has 0 fully saturated rings. The van der Waals surface area contributed by atoms with E-state index in [1.807, 2.05) is 48.5 Å². The molecule has 0 amide bonds. The van der Waals surface area contributed by atoms with Crippen LogP contribution in [-0.2, 0) is 6.42 Å². The van der Waals surface area contributed by atoms with E-state index in [1.54, 1.807) is 0 Å². The minimum atomic E-state index is 0.798. The van der Waals surface area contributed by atoms with Crippen molar-refractivity contribution in [2.45, 2.75) is 13.3 Å². The molecule has 5 aromatic rings. The lowest BCUT2D eigenvalue weighted by Gasteiger charge is -2.08. The van der Waals surface area contributed by atoms with Gasteiger partial charge in [0.25, 0.3) is 0 Å². The van der Waals surface area contributed by atoms with Crippen LogP contribution in [0, 0.1) is 6.92 Å². The topological polar surface area (TPSA) is 29.7 Å². The second kappa shape index (κ2) is 10.2. The largest absolute Gasteiger partial charge is 0.304 e. The van der Waals surface area contributed by atoms with Crippen LogP contribution in [0.2, 0.25) is 0 Å². The Hall–Kier alpha value is -4.50. The molecule has 0 bridgehead atoms. The van der Waals surface area contributed by atoms with Gasteiger partial charge in [-0.2, -0.15) is 0 Å². The van der Waals surface area contributed by atoms with Crippen molar-refractivity contribution in [3.05, 3.63) is 150 Å². The molecule has 0 N–H and O–H groups in total. The normalized spacial score (nSPS) is 12.1. The second-order valence-electron chi connectivity index (χ2n) is 8.40. The average molecular weight is 454 g/mol. The van der Waals surface area contributed by atoms with E-state index in [9.17, 15) is 0 Å². The highest BCUT2D eigenvalue weighted by molar-refractivity contribution is 6.10. The Kier molecular flexibility index (Phi) is 6.49. The first-order valence-corrected chi connectivity index (χ1v) is 11.8. The molecule has 170 valence electrons. The van der Waals surface area contributed by atoms with Crippen molar-refractivity contribution < 1.29 is 0 Å². The zero-order valence-electron chi connectivity index (χ0n) is 19.8. The molecule has 3 aromatic carbocycles. The number of fused-ring (bicyclic) bond motifs is 1. The van der Waals surface area contributed by atoms with E-state index in [-0.39, 0.29) is 0 Å². The van der Waals surface area contributed by atoms with E-state index in [0.717, 1.165) is 51.6 Å². The number of nitrogens with zero attached hydrogens (tertiary/aromatic N) is 3. The monoisotopic (exact) mass is 453 g/mol. The Balaban J connectivity index is 1.53. The third-order valence-electron chi connectivity index (χ3n) is 6.10. The minimum absolute atomic E-state index is 0.798. The van der Waals surface area contributed by atoms with Crippen LogP contribution >= 0.6 is 0 Å². The molecule has 0 saturated carbocycles. The van der Waals surface area contributed by atoms with E-state index in [4.69, 9.17) is 9.98 Å². The lowest BCUT2D eigenvalue weighted by molar-refractivity contribution is 1.11. The van der Waals surface area contributed by atoms with E-state index < -0.39 is 0 Å². The number of aromatic nitrogens is 2. The predicted octanol–water partition coefficient (Wildman–Crippen LogP) is 7.57. The van der Waals surface area contributed by atoms with Crippen molar-refractivity contribution in [1.82, 2.24) is 9.38 Å². The molecular formula is C32H27N3. The van der Waals surface area contributed by atoms with Crippen LogP contribution in [0.1, 0.15) is 22.4 Å². The molecule has 5 rings (SSSR count). The second-order valence-corrected chi connectivity index (χ2v) is 8.40. The predicted molar refractivity (Wildman–Crippen MR) is 147 cm³/mol. The van der Waals surface area contributed by atoms with Crippen LogP contribution in [-0.4, -0.2) is 15.1 Å². The molecule has 0 unspecified atom stereocenters. The van der Waals surface area contributed by atoms with Crippen molar-refractivity contribution in [3.8, 4) is 11.3 Å². The standard InChI is InChI=1S/C32H27N3/c1-3-29(26-14-8-5-9-15-26)33-30(22-17-25-12-6-4-7-13-25)27-18-20-28(21-19-27)32-24(2)35-23-11-10-16-31(35)34-32/h3-16,18-23H,1,17H2,2H3/b30-22-,33-29?. The van der Waals surface area contributed by atoms with Crippen LogP contribution in [0.4, 0.5) is 0 Å². The molecule has 2 heterocycles. The van der Waals surface area contributed by atoms with Gasteiger partial charge in [-0.1, -0.05) is 104 Å². The summed E-state index contributed by atoms with van der Waals surface area (Å²) in [6.45, 7) is 6.12. The van der Waals surface area contributed by atoms with Gasteiger partial charge in [-0.05, 0) is 42.7 Å². The number of rotatable bonds is 7. The summed E-state index contributed by atoms with van der Waals surface area (Å²) in [6, 6.07) is 35.2. The van der Waals surface area contributed by atoms with E-state index in [1.165, 1.54) is 5.56 Å². The van der Waals surface area contributed by atoms with Crippen LogP contribution in [0.3, 0.4) is 0 Å². The highest BCUT2D eigenvalue weighted by Gasteiger charge is 2.11. The SMILES string of the molecule is C=CC(=N/C(=C\Cc1ccccc1)c1ccc(-c2nc3ccccn3c2C)cc1)c1ccccc1. The summed E-state index contributed by atoms with van der Waals surface area (Å²) in [5.74, 6) is 0. The van der Waals surface area contributed by atoms with Gasteiger partial charge >= 0.3 is 0 Å². The van der Waals surface area contributed by atoms with Crippen LogP contribution in [0.5, 0.6) is 0 Å². The first-order chi connectivity index (χ1) is 17.2. The molecule has 2 aromatic heterocycles. The summed E-state index contributed by atoms with van der Waals surface area (Å²) >= 11 is 0. The van der Waals surface area contributed by atoms with Gasteiger partial charge in [-0.25, -0.2) is 9.98 Å². The molecule has 3 nitrogen and oxygen atoms in total. The molecule has 0 radical (unpaired) electrons. The van der Waals surface area contributed by atoms with Gasteiger partial charge < -0.3 is 4.40 Å². The fourth-order valence-electron chi connectivity index (χ4n) is 4.21. The summed E-state index contributed by atoms with van der Waals surface area (Å²) in [7, 11) is 0. The number of aliphatic imine (C=N–C) groups is 1. The van der Waals surface area contributed by atoms with Gasteiger partial charge in [0.1, 0.15) is 5.65 Å². The molecule has 3 heteroatoms. The van der Waals surface area contributed by atoms with E-state index in [0.29, 0.717) is 0 Å². The maximum absolute atomic E-state index is 5.04. The highest BCUT2D eigenvalue weighted by atomic mass is 15.0. The zero-order valence-corrected chi connectivity index (χ0v) is 19.8. The summed E-state index contributed by atoms with van der Waals surface area (Å²) < 4.78 is 2.12. The molecule has 0 saturated heterocycles. The molecule has 0 aliphatic rings. The maximum atomic E-state index is 5.04. The average Bonchev–Trinajstić information content (AvgIpc) is 3.26. The van der Waals surface area contributed by atoms with Gasteiger partial charge in [-0.15, -0.1) is 0 Å². The number of pyridine rings is 1. The minimum Gasteiger partial charge on any atom is -0.304 e. The Morgan fingerprint density at radius 2 is 1.51 bits per heavy atom. The fraction of sp³-hybridized carbons (Fsp3) is 0.0625. The Morgan fingerprint density at radius 3 is 2.20 bits per heavy atom. The molecule has 35 heavy (non-hydrogen) atoms. The zero-order chi connectivity index (χ0) is 24.0. The number of hydrogen-bond acceptors (Lipinski definition) is 2. The van der Waals surface area contributed by atoms with Crippen LogP contribution in [0.15, 0.2) is 133 Å². The summed E-state index contributed by atoms with van der Waals surface area (Å²) in [5.41, 5.74) is 9.30. The number of allylic oxidation sites excluding steroid dienone is 2. The molecule has 0 atom stereocenters. The van der Waals surface area contributed by atoms with Crippen molar-refractivity contribution >= 4 is 17.1 Å². The molecule has 0 aliphatic carbocycles. The summed E-state index contributed by atoms with van der Waals surface area (Å²) in [4.78, 5) is 9.89. The maximum Gasteiger partial charge on any atom is 0.137 e. The Labute approximate surface area is 206 Å². The highest BCUT2D eigenvalue weighted by Crippen LogP contribution is 2.27. The van der Waals surface area contributed by atoms with Gasteiger partial charge in [0.2, 0.25) is 0 Å². The first-order valence-electron chi connectivity index (χ1n) is 11.8. The van der Waals surface area contributed by atoms with Crippen molar-refractivity contribution in [3.63, 3.8) is 0 Å². The van der Waals surface area contributed by atoms with Crippen LogP contribution in [0.25, 0.3) is 22.6 Å². The van der Waals surface area contributed by atoms with Crippen molar-refractivity contribution in [1.29, 1.82) is 0 Å². The third-order valence-corrected chi connectivity index (χ3v) is 6.10. The molecular weight excluding hydrogens is 426 g/mol. The van der Waals surface area contributed by atoms with Gasteiger partial charge in [-0.3, -0.25) is 0 Å². The Bertz CT molecular complexity index is 1510. The van der Waals surface area contributed by atoms with Gasteiger partial charge in [0.15, 0.2) is 0 Å². The number of aryl methyl sites for hydroxylation is 1. The fourth-order valence-corrected chi connectivity index (χ4v) is 4.21. The third kappa shape index (κ3) is 4.90. The van der Waals surface area contributed by atoms with Crippen molar-refractivity contribution in [2.75, 3.05) is 0 Å². The lowest BCUT2D eigenvalue weighted by atomic mass is 10.0. The first kappa shape index (κ1) is 22.3. The summed E-state index contributed by atoms with van der Waals surface area (Å²) in [5, 5.41) is 0. The van der Waals surface area contributed by atoms with E-state index >= 15 is 0 Å². The van der Waals surface area contributed by atoms with Gasteiger partial charge in [0.05, 0.1) is 17.1 Å². The van der Waals surface area contributed by atoms with Crippen molar-refractivity contribution in [2.24, 2.45) is 4.99 Å². The number of imidazole rings is 1. The van der Waals surface area contributed by atoms with Gasteiger partial charge in [0, 0.05) is 23.0 Å².